The number of hydrogen-bond acceptors (Lipinski definition) is 7. The molecule has 12 heteroatoms. The summed E-state index contributed by atoms with van der Waals surface area (Å²) in [5, 5.41) is 4.74. The number of halogens is 2. The van der Waals surface area contributed by atoms with Crippen LogP contribution in [-0.2, 0) is 10.0 Å². The van der Waals surface area contributed by atoms with Gasteiger partial charge in [0.15, 0.2) is 0 Å². The lowest BCUT2D eigenvalue weighted by Gasteiger charge is -2.35. The number of piperazine rings is 1. The molecule has 9 nitrogen and oxygen atoms in total. The first-order valence-corrected chi connectivity index (χ1v) is 13.7. The highest BCUT2D eigenvalue weighted by Crippen LogP contribution is 2.27. The Morgan fingerprint density at radius 2 is 1.81 bits per heavy atom. The van der Waals surface area contributed by atoms with Crippen LogP contribution in [0.3, 0.4) is 0 Å². The number of carbonyl (C=O) groups is 1. The van der Waals surface area contributed by atoms with Crippen LogP contribution in [0.25, 0.3) is 10.9 Å². The van der Waals surface area contributed by atoms with Crippen molar-refractivity contribution in [3.63, 3.8) is 0 Å². The van der Waals surface area contributed by atoms with E-state index in [2.05, 4.69) is 20.2 Å². The van der Waals surface area contributed by atoms with E-state index in [4.69, 9.17) is 23.2 Å². The number of nitrogens with zero attached hydrogens (tertiary/aromatic N) is 5. The number of amides is 1. The molecule has 4 rings (SSSR count). The minimum atomic E-state index is -3.64. The Hall–Kier alpha value is -2.50. The van der Waals surface area contributed by atoms with Crippen LogP contribution in [0.15, 0.2) is 47.6 Å². The zero-order valence-corrected chi connectivity index (χ0v) is 22.6. The van der Waals surface area contributed by atoms with Gasteiger partial charge in [0, 0.05) is 58.2 Å². The molecule has 0 radical (unpaired) electrons. The van der Waals surface area contributed by atoms with Crippen molar-refractivity contribution in [1.82, 2.24) is 24.1 Å². The number of carbonyl (C=O) groups excluding carboxylic acids is 1. The van der Waals surface area contributed by atoms with Gasteiger partial charge in [0.05, 0.1) is 26.0 Å². The van der Waals surface area contributed by atoms with Gasteiger partial charge in [-0.05, 0) is 37.3 Å². The molecule has 36 heavy (non-hydrogen) atoms. The summed E-state index contributed by atoms with van der Waals surface area (Å²) in [5.41, 5.74) is 1.12. The Bertz CT molecular complexity index is 1380. The van der Waals surface area contributed by atoms with Crippen molar-refractivity contribution in [1.29, 1.82) is 0 Å². The number of para-hydroxylation sites is 1. The van der Waals surface area contributed by atoms with Crippen molar-refractivity contribution in [2.75, 3.05) is 52.1 Å². The van der Waals surface area contributed by atoms with E-state index in [1.165, 1.54) is 33.7 Å². The molecule has 0 aliphatic carbocycles. The Morgan fingerprint density at radius 1 is 1.08 bits per heavy atom. The molecule has 1 amide bonds. The number of aromatic nitrogens is 2. The summed E-state index contributed by atoms with van der Waals surface area (Å²) >= 11 is 12.0. The highest BCUT2D eigenvalue weighted by molar-refractivity contribution is 7.89. The molecule has 1 fully saturated rings. The van der Waals surface area contributed by atoms with Crippen molar-refractivity contribution in [3.8, 4) is 0 Å². The quantitative estimate of drug-likeness (QED) is 0.481. The summed E-state index contributed by atoms with van der Waals surface area (Å²) in [6.07, 6.45) is 1.45. The molecule has 1 aliphatic rings. The molecule has 0 unspecified atom stereocenters. The number of rotatable bonds is 7. The number of hydrogen-bond donors (Lipinski definition) is 1. The number of nitrogens with one attached hydrogen (secondary N) is 1. The largest absolute Gasteiger partial charge is 0.366 e. The molecule has 2 aromatic carbocycles. The molecular weight excluding hydrogens is 523 g/mol. The van der Waals surface area contributed by atoms with Crippen LogP contribution in [0.1, 0.15) is 17.3 Å². The SMILES string of the molecule is C[C@@H](CN1CCN(S(=O)(=O)c2ccc(Cl)c(Cl)c2)CC1)Nc1ncnc2c(C(=O)N(C)C)cccc12. The number of benzene rings is 2. The third-order valence-corrected chi connectivity index (χ3v) is 8.71. The standard InChI is InChI=1S/C24H28Cl2N6O3S/c1-16(29-23-18-5-4-6-19(24(33)30(2)3)22(18)27-15-28-23)14-31-9-11-32(12-10-31)36(34,35)17-7-8-20(25)21(26)13-17/h4-8,13,15-16H,9-12,14H2,1-3H3,(H,27,28,29)/t16-/m0/s1. The highest BCUT2D eigenvalue weighted by atomic mass is 35.5. The topological polar surface area (TPSA) is 98.7 Å². The van der Waals surface area contributed by atoms with Crippen LogP contribution in [0, 0.1) is 0 Å². The lowest BCUT2D eigenvalue weighted by atomic mass is 10.1. The van der Waals surface area contributed by atoms with Gasteiger partial charge in [-0.3, -0.25) is 9.69 Å². The predicted molar refractivity (Wildman–Crippen MR) is 142 cm³/mol. The highest BCUT2D eigenvalue weighted by Gasteiger charge is 2.29. The van der Waals surface area contributed by atoms with E-state index in [0.29, 0.717) is 54.6 Å². The Labute approximate surface area is 221 Å². The monoisotopic (exact) mass is 550 g/mol. The summed E-state index contributed by atoms with van der Waals surface area (Å²) in [6, 6.07) is 9.86. The maximum atomic E-state index is 13.0. The first-order chi connectivity index (χ1) is 17.1. The molecule has 1 atom stereocenters. The van der Waals surface area contributed by atoms with E-state index in [0.717, 1.165) is 5.39 Å². The van der Waals surface area contributed by atoms with Crippen LogP contribution >= 0.6 is 23.2 Å². The molecule has 0 saturated carbocycles. The van der Waals surface area contributed by atoms with Gasteiger partial charge < -0.3 is 10.2 Å². The summed E-state index contributed by atoms with van der Waals surface area (Å²) < 4.78 is 27.5. The maximum absolute atomic E-state index is 13.0. The minimum Gasteiger partial charge on any atom is -0.366 e. The first-order valence-electron chi connectivity index (χ1n) is 11.5. The first kappa shape index (κ1) is 26.6. The summed E-state index contributed by atoms with van der Waals surface area (Å²) in [5.74, 6) is 0.536. The number of anilines is 1. The number of fused-ring (bicyclic) bond motifs is 1. The van der Waals surface area contributed by atoms with Crippen LogP contribution < -0.4 is 5.32 Å². The Balaban J connectivity index is 1.40. The van der Waals surface area contributed by atoms with Gasteiger partial charge in [-0.1, -0.05) is 29.3 Å². The second kappa shape index (κ2) is 10.9. The molecule has 192 valence electrons. The molecule has 1 N–H and O–H groups in total. The number of sulfonamides is 1. The fraction of sp³-hybridized carbons (Fsp3) is 0.375. The normalized spacial score (nSPS) is 16.1. The van der Waals surface area contributed by atoms with E-state index in [1.54, 1.807) is 20.2 Å². The summed E-state index contributed by atoms with van der Waals surface area (Å²) in [7, 11) is -0.228. The van der Waals surface area contributed by atoms with Gasteiger partial charge >= 0.3 is 0 Å². The summed E-state index contributed by atoms with van der Waals surface area (Å²) in [6.45, 7) is 4.69. The van der Waals surface area contributed by atoms with E-state index in [1.807, 2.05) is 19.1 Å². The zero-order chi connectivity index (χ0) is 26.0. The third-order valence-electron chi connectivity index (χ3n) is 6.08. The smallest absolute Gasteiger partial charge is 0.255 e. The maximum Gasteiger partial charge on any atom is 0.255 e. The molecule has 1 aliphatic heterocycles. The second-order valence-electron chi connectivity index (χ2n) is 8.95. The van der Waals surface area contributed by atoms with Gasteiger partial charge in [-0.25, -0.2) is 18.4 Å². The van der Waals surface area contributed by atoms with Gasteiger partial charge in [-0.2, -0.15) is 4.31 Å². The average molecular weight is 552 g/mol. The van der Waals surface area contributed by atoms with Crippen LogP contribution in [0.2, 0.25) is 10.0 Å². The second-order valence-corrected chi connectivity index (χ2v) is 11.7. The van der Waals surface area contributed by atoms with Crippen LogP contribution in [0.4, 0.5) is 5.82 Å². The third kappa shape index (κ3) is 5.57. The van der Waals surface area contributed by atoms with Crippen molar-refractivity contribution in [2.45, 2.75) is 17.9 Å². The molecule has 1 saturated heterocycles. The van der Waals surface area contributed by atoms with Crippen molar-refractivity contribution in [2.24, 2.45) is 0 Å². The Kier molecular flexibility index (Phi) is 8.01. The molecular formula is C24H28Cl2N6O3S. The van der Waals surface area contributed by atoms with Gasteiger partial charge in [0.25, 0.3) is 5.91 Å². The molecule has 0 spiro atoms. The van der Waals surface area contributed by atoms with Gasteiger partial charge in [-0.15, -0.1) is 0 Å². The average Bonchev–Trinajstić information content (AvgIpc) is 2.85. The van der Waals surface area contributed by atoms with E-state index in [-0.39, 0.29) is 21.9 Å². The zero-order valence-electron chi connectivity index (χ0n) is 20.3. The molecule has 1 aromatic heterocycles. The van der Waals surface area contributed by atoms with E-state index in [9.17, 15) is 13.2 Å². The van der Waals surface area contributed by atoms with Crippen molar-refractivity contribution >= 4 is 55.9 Å². The van der Waals surface area contributed by atoms with Gasteiger partial charge in [0.2, 0.25) is 10.0 Å². The fourth-order valence-corrected chi connectivity index (χ4v) is 6.03. The minimum absolute atomic E-state index is 0.0227. The lowest BCUT2D eigenvalue weighted by molar-refractivity contribution is 0.0829. The fourth-order valence-electron chi connectivity index (χ4n) is 4.22. The molecule has 2 heterocycles. The molecule has 3 aromatic rings. The van der Waals surface area contributed by atoms with Crippen molar-refractivity contribution in [3.05, 3.63) is 58.3 Å². The lowest BCUT2D eigenvalue weighted by Crippen LogP contribution is -2.50. The summed E-state index contributed by atoms with van der Waals surface area (Å²) in [4.78, 5) is 25.2. The molecule has 0 bridgehead atoms. The van der Waals surface area contributed by atoms with Crippen molar-refractivity contribution < 1.29 is 13.2 Å². The predicted octanol–water partition coefficient (Wildman–Crippen LogP) is 3.45. The van der Waals surface area contributed by atoms with Crippen LogP contribution in [0.5, 0.6) is 0 Å². The van der Waals surface area contributed by atoms with Gasteiger partial charge in [0.1, 0.15) is 12.1 Å². The van der Waals surface area contributed by atoms with E-state index < -0.39 is 10.0 Å². The van der Waals surface area contributed by atoms with Crippen LogP contribution in [-0.4, -0.2) is 91.3 Å². The Morgan fingerprint density at radius 3 is 2.47 bits per heavy atom. The van der Waals surface area contributed by atoms with E-state index >= 15 is 0 Å².